The zero-order valence-corrected chi connectivity index (χ0v) is 10.5. The van der Waals surface area contributed by atoms with E-state index in [2.05, 4.69) is 15.3 Å². The summed E-state index contributed by atoms with van der Waals surface area (Å²) in [6, 6.07) is 6.47. The first-order valence-corrected chi connectivity index (χ1v) is 6.04. The summed E-state index contributed by atoms with van der Waals surface area (Å²) in [5.41, 5.74) is 1.73. The van der Waals surface area contributed by atoms with Crippen molar-refractivity contribution < 1.29 is 9.18 Å². The van der Waals surface area contributed by atoms with Crippen molar-refractivity contribution in [1.29, 1.82) is 0 Å². The third-order valence-electron chi connectivity index (χ3n) is 2.85. The first-order chi connectivity index (χ1) is 9.72. The van der Waals surface area contributed by atoms with Gasteiger partial charge < -0.3 is 9.72 Å². The second-order valence-electron chi connectivity index (χ2n) is 4.28. The van der Waals surface area contributed by atoms with Crippen LogP contribution in [0.2, 0.25) is 0 Å². The smallest absolute Gasteiger partial charge is 0.271 e. The van der Waals surface area contributed by atoms with E-state index in [0.29, 0.717) is 12.2 Å². The zero-order valence-electron chi connectivity index (χ0n) is 10.5. The molecule has 0 radical (unpaired) electrons. The van der Waals surface area contributed by atoms with Crippen LogP contribution in [0.25, 0.3) is 5.65 Å². The lowest BCUT2D eigenvalue weighted by atomic mass is 10.2. The fourth-order valence-electron chi connectivity index (χ4n) is 1.85. The number of nitrogens with one attached hydrogen (secondary N) is 1. The second-order valence-corrected chi connectivity index (χ2v) is 4.28. The molecule has 3 aromatic heterocycles. The molecule has 1 N–H and O–H groups in total. The number of hydrogen-bond acceptors (Lipinski definition) is 3. The Balaban J connectivity index is 1.75. The van der Waals surface area contributed by atoms with Crippen LogP contribution in [-0.4, -0.2) is 20.3 Å². The molecule has 0 saturated carbocycles. The maximum absolute atomic E-state index is 13.1. The summed E-state index contributed by atoms with van der Waals surface area (Å²) in [5.74, 6) is -0.676. The van der Waals surface area contributed by atoms with Gasteiger partial charge in [-0.25, -0.2) is 9.37 Å². The molecule has 20 heavy (non-hydrogen) atoms. The highest BCUT2D eigenvalue weighted by atomic mass is 19.1. The largest absolute Gasteiger partial charge is 0.347 e. The van der Waals surface area contributed by atoms with Gasteiger partial charge >= 0.3 is 0 Å². The van der Waals surface area contributed by atoms with Crippen LogP contribution >= 0.6 is 0 Å². The van der Waals surface area contributed by atoms with Crippen LogP contribution in [0, 0.1) is 5.82 Å². The van der Waals surface area contributed by atoms with Crippen molar-refractivity contribution in [1.82, 2.24) is 19.7 Å². The summed E-state index contributed by atoms with van der Waals surface area (Å²) >= 11 is 0. The summed E-state index contributed by atoms with van der Waals surface area (Å²) in [7, 11) is 0. The molecule has 0 aliphatic carbocycles. The molecule has 3 aromatic rings. The molecule has 0 fully saturated rings. The fraction of sp³-hybridized carbons (Fsp3) is 0.0714. The maximum Gasteiger partial charge on any atom is 0.271 e. The number of halogens is 1. The van der Waals surface area contributed by atoms with E-state index in [1.807, 2.05) is 12.1 Å². The van der Waals surface area contributed by atoms with Gasteiger partial charge in [0.05, 0.1) is 0 Å². The average Bonchev–Trinajstić information content (AvgIpc) is 2.89. The van der Waals surface area contributed by atoms with Crippen LogP contribution in [-0.2, 0) is 6.54 Å². The van der Waals surface area contributed by atoms with Gasteiger partial charge in [-0.15, -0.1) is 0 Å². The van der Waals surface area contributed by atoms with E-state index in [1.54, 1.807) is 12.4 Å². The van der Waals surface area contributed by atoms with Gasteiger partial charge in [-0.05, 0) is 29.8 Å². The number of rotatable bonds is 3. The SMILES string of the molecule is O=C(NCc1ccncc1)c1cn2cc(F)ccc2n1. The van der Waals surface area contributed by atoms with Crippen LogP contribution in [0.15, 0.2) is 49.1 Å². The molecule has 1 amide bonds. The van der Waals surface area contributed by atoms with Crippen molar-refractivity contribution in [3.8, 4) is 0 Å². The normalized spacial score (nSPS) is 10.7. The van der Waals surface area contributed by atoms with Crippen LogP contribution in [0.4, 0.5) is 4.39 Å². The number of fused-ring (bicyclic) bond motifs is 1. The van der Waals surface area contributed by atoms with Crippen molar-refractivity contribution >= 4 is 11.6 Å². The van der Waals surface area contributed by atoms with Gasteiger partial charge in [0.2, 0.25) is 0 Å². The van der Waals surface area contributed by atoms with E-state index in [9.17, 15) is 9.18 Å². The average molecular weight is 270 g/mol. The summed E-state index contributed by atoms with van der Waals surface area (Å²) in [5, 5.41) is 2.75. The van der Waals surface area contributed by atoms with Gasteiger partial charge in [0.1, 0.15) is 17.2 Å². The Hall–Kier alpha value is -2.76. The molecule has 0 atom stereocenters. The molecule has 0 saturated heterocycles. The second kappa shape index (κ2) is 5.08. The van der Waals surface area contributed by atoms with Crippen LogP contribution in [0.1, 0.15) is 16.1 Å². The lowest BCUT2D eigenvalue weighted by molar-refractivity contribution is 0.0946. The van der Waals surface area contributed by atoms with Crippen LogP contribution in [0.5, 0.6) is 0 Å². The minimum atomic E-state index is -0.376. The topological polar surface area (TPSA) is 59.3 Å². The molecule has 0 spiro atoms. The van der Waals surface area contributed by atoms with E-state index < -0.39 is 0 Å². The van der Waals surface area contributed by atoms with Gasteiger partial charge in [0.15, 0.2) is 0 Å². The highest BCUT2D eigenvalue weighted by Gasteiger charge is 2.10. The van der Waals surface area contributed by atoms with Crippen molar-refractivity contribution in [3.05, 3.63) is 66.1 Å². The quantitative estimate of drug-likeness (QED) is 0.789. The summed E-state index contributed by atoms with van der Waals surface area (Å²) in [6.07, 6.45) is 6.10. The number of carbonyl (C=O) groups excluding carboxylic acids is 1. The van der Waals surface area contributed by atoms with Crippen molar-refractivity contribution in [2.75, 3.05) is 0 Å². The van der Waals surface area contributed by atoms with Gasteiger partial charge in [-0.3, -0.25) is 9.78 Å². The van der Waals surface area contributed by atoms with E-state index in [-0.39, 0.29) is 17.4 Å². The molecule has 0 aromatic carbocycles. The molecule has 0 unspecified atom stereocenters. The van der Waals surface area contributed by atoms with Gasteiger partial charge in [0.25, 0.3) is 5.91 Å². The van der Waals surface area contributed by atoms with E-state index in [1.165, 1.54) is 28.9 Å². The summed E-state index contributed by atoms with van der Waals surface area (Å²) < 4.78 is 14.5. The van der Waals surface area contributed by atoms with Gasteiger partial charge in [0, 0.05) is 31.3 Å². The number of amides is 1. The third-order valence-corrected chi connectivity index (χ3v) is 2.85. The van der Waals surface area contributed by atoms with Crippen molar-refractivity contribution in [2.24, 2.45) is 0 Å². The molecule has 3 heterocycles. The molecule has 3 rings (SSSR count). The molecule has 0 bridgehead atoms. The third kappa shape index (κ3) is 2.49. The lowest BCUT2D eigenvalue weighted by Gasteiger charge is -2.02. The number of nitrogens with zero attached hydrogens (tertiary/aromatic N) is 3. The Morgan fingerprint density at radius 3 is 2.80 bits per heavy atom. The lowest BCUT2D eigenvalue weighted by Crippen LogP contribution is -2.23. The summed E-state index contributed by atoms with van der Waals surface area (Å²) in [6.45, 7) is 0.392. The standard InChI is InChI=1S/C14H11FN4O/c15-11-1-2-13-18-12(9-19(13)8-11)14(20)17-7-10-3-5-16-6-4-10/h1-6,8-9H,7H2,(H,17,20). The number of hydrogen-bond donors (Lipinski definition) is 1. The molecule has 0 aliphatic rings. The van der Waals surface area contributed by atoms with Crippen LogP contribution in [0.3, 0.4) is 0 Å². The summed E-state index contributed by atoms with van der Waals surface area (Å²) in [4.78, 5) is 20.0. The van der Waals surface area contributed by atoms with Crippen molar-refractivity contribution in [2.45, 2.75) is 6.54 Å². The number of carbonyl (C=O) groups is 1. The maximum atomic E-state index is 13.1. The first-order valence-electron chi connectivity index (χ1n) is 6.04. The highest BCUT2D eigenvalue weighted by molar-refractivity contribution is 5.92. The predicted octanol–water partition coefficient (Wildman–Crippen LogP) is 1.80. The first kappa shape index (κ1) is 12.3. The Kier molecular flexibility index (Phi) is 3.12. The molecule has 0 aliphatic heterocycles. The Bertz CT molecular complexity index is 754. The Morgan fingerprint density at radius 2 is 2.00 bits per heavy atom. The number of aromatic nitrogens is 3. The zero-order chi connectivity index (χ0) is 13.9. The molecular weight excluding hydrogens is 259 g/mol. The van der Waals surface area contributed by atoms with Gasteiger partial charge in [-0.2, -0.15) is 0 Å². The van der Waals surface area contributed by atoms with E-state index >= 15 is 0 Å². The Labute approximate surface area is 114 Å². The van der Waals surface area contributed by atoms with Crippen LogP contribution < -0.4 is 5.32 Å². The Morgan fingerprint density at radius 1 is 1.20 bits per heavy atom. The van der Waals surface area contributed by atoms with E-state index in [0.717, 1.165) is 5.56 Å². The molecular formula is C14H11FN4O. The number of pyridine rings is 2. The molecule has 100 valence electrons. The van der Waals surface area contributed by atoms with Crippen molar-refractivity contribution in [3.63, 3.8) is 0 Å². The van der Waals surface area contributed by atoms with Gasteiger partial charge in [-0.1, -0.05) is 0 Å². The minimum absolute atomic E-state index is 0.254. The fourth-order valence-corrected chi connectivity index (χ4v) is 1.85. The predicted molar refractivity (Wildman–Crippen MR) is 70.6 cm³/mol. The molecule has 6 heteroatoms. The highest BCUT2D eigenvalue weighted by Crippen LogP contribution is 2.07. The minimum Gasteiger partial charge on any atom is -0.347 e. The van der Waals surface area contributed by atoms with E-state index in [4.69, 9.17) is 0 Å². The number of imidazole rings is 1. The molecule has 5 nitrogen and oxygen atoms in total. The monoisotopic (exact) mass is 270 g/mol.